The molecule has 0 bridgehead atoms. The highest BCUT2D eigenvalue weighted by Gasteiger charge is 2.11. The highest BCUT2D eigenvalue weighted by atomic mass is 16.2. The lowest BCUT2D eigenvalue weighted by atomic mass is 10.0. The lowest BCUT2D eigenvalue weighted by Crippen LogP contribution is -2.24. The van der Waals surface area contributed by atoms with E-state index in [1.165, 1.54) is 0 Å². The first-order chi connectivity index (χ1) is 11.5. The van der Waals surface area contributed by atoms with E-state index >= 15 is 0 Å². The van der Waals surface area contributed by atoms with Gasteiger partial charge in [-0.1, -0.05) is 12.1 Å². The molecule has 0 saturated heterocycles. The Morgan fingerprint density at radius 1 is 1.21 bits per heavy atom. The first-order valence-electron chi connectivity index (χ1n) is 7.40. The number of nitrogens with two attached hydrogens (primary N) is 2. The number of anilines is 3. The second kappa shape index (κ2) is 6.04. The van der Waals surface area contributed by atoms with Crippen molar-refractivity contribution >= 4 is 34.1 Å². The number of hydrogen-bond acceptors (Lipinski definition) is 5. The molecule has 2 aromatic heterocycles. The predicted molar refractivity (Wildman–Crippen MR) is 96.6 cm³/mol. The van der Waals surface area contributed by atoms with E-state index < -0.39 is 0 Å². The third kappa shape index (κ3) is 2.79. The summed E-state index contributed by atoms with van der Waals surface area (Å²) in [6.07, 6.45) is 1.60. The zero-order valence-corrected chi connectivity index (χ0v) is 13.4. The molecule has 0 saturated carbocycles. The van der Waals surface area contributed by atoms with Gasteiger partial charge in [0.15, 0.2) is 0 Å². The van der Waals surface area contributed by atoms with Gasteiger partial charge in [0.1, 0.15) is 11.6 Å². The summed E-state index contributed by atoms with van der Waals surface area (Å²) >= 11 is 0. The van der Waals surface area contributed by atoms with E-state index in [-0.39, 0.29) is 6.03 Å². The van der Waals surface area contributed by atoms with Crippen LogP contribution in [0.2, 0.25) is 0 Å². The number of hydrogen-bond donors (Lipinski definition) is 4. The number of urea groups is 1. The van der Waals surface area contributed by atoms with E-state index in [1.54, 1.807) is 19.3 Å². The van der Waals surface area contributed by atoms with Crippen molar-refractivity contribution < 1.29 is 4.79 Å². The van der Waals surface area contributed by atoms with Crippen molar-refractivity contribution in [1.29, 1.82) is 0 Å². The number of carbonyl (C=O) groups excluding carboxylic acids is 1. The van der Waals surface area contributed by atoms with E-state index in [0.29, 0.717) is 17.3 Å². The quantitative estimate of drug-likeness (QED) is 0.541. The van der Waals surface area contributed by atoms with Crippen LogP contribution in [0.3, 0.4) is 0 Å². The molecule has 0 radical (unpaired) electrons. The van der Waals surface area contributed by atoms with Crippen molar-refractivity contribution in [2.24, 2.45) is 0 Å². The molecule has 0 spiro atoms. The monoisotopic (exact) mass is 322 g/mol. The molecule has 1 aromatic carbocycles. The zero-order valence-electron chi connectivity index (χ0n) is 13.4. The van der Waals surface area contributed by atoms with Gasteiger partial charge in [0, 0.05) is 29.9 Å². The molecule has 0 atom stereocenters. The molecule has 122 valence electrons. The molecular weight excluding hydrogens is 304 g/mol. The molecule has 3 rings (SSSR count). The van der Waals surface area contributed by atoms with Crippen molar-refractivity contribution in [1.82, 2.24) is 15.3 Å². The lowest BCUT2D eigenvalue weighted by Gasteiger charge is -2.11. The first kappa shape index (κ1) is 15.5. The molecule has 0 unspecified atom stereocenters. The summed E-state index contributed by atoms with van der Waals surface area (Å²) in [5.74, 6) is 0.811. The number of carbonyl (C=O) groups is 1. The van der Waals surface area contributed by atoms with Gasteiger partial charge in [-0.25, -0.2) is 14.8 Å². The zero-order chi connectivity index (χ0) is 17.3. The number of nitrogen functional groups attached to an aromatic ring is 2. The third-order valence-electron chi connectivity index (χ3n) is 3.87. The molecule has 0 fully saturated rings. The Kier molecular flexibility index (Phi) is 3.91. The van der Waals surface area contributed by atoms with Crippen LogP contribution in [0.5, 0.6) is 0 Å². The Morgan fingerprint density at radius 2 is 2.00 bits per heavy atom. The summed E-state index contributed by atoms with van der Waals surface area (Å²) in [4.78, 5) is 20.1. The summed E-state index contributed by atoms with van der Waals surface area (Å²) in [7, 11) is 1.54. The summed E-state index contributed by atoms with van der Waals surface area (Å²) in [5.41, 5.74) is 15.3. The molecule has 2 heterocycles. The minimum Gasteiger partial charge on any atom is -0.398 e. The van der Waals surface area contributed by atoms with Gasteiger partial charge >= 0.3 is 6.03 Å². The predicted octanol–water partition coefficient (Wildman–Crippen LogP) is 2.52. The molecule has 0 aliphatic rings. The van der Waals surface area contributed by atoms with Crippen molar-refractivity contribution in [2.75, 3.05) is 23.8 Å². The summed E-state index contributed by atoms with van der Waals surface area (Å²) in [5, 5.41) is 6.68. The fraction of sp³-hybridized carbons (Fsp3) is 0.118. The Labute approximate surface area is 139 Å². The minimum absolute atomic E-state index is 0.337. The number of rotatable bonds is 2. The van der Waals surface area contributed by atoms with Crippen LogP contribution < -0.4 is 22.1 Å². The highest BCUT2D eigenvalue weighted by molar-refractivity contribution is 5.97. The Bertz CT molecular complexity index is 938. The van der Waals surface area contributed by atoms with Crippen molar-refractivity contribution in [3.05, 3.63) is 42.1 Å². The van der Waals surface area contributed by atoms with Gasteiger partial charge in [-0.05, 0) is 36.1 Å². The van der Waals surface area contributed by atoms with Crippen LogP contribution in [0, 0.1) is 6.92 Å². The fourth-order valence-electron chi connectivity index (χ4n) is 2.49. The Hall–Kier alpha value is -3.35. The topological polar surface area (TPSA) is 119 Å². The van der Waals surface area contributed by atoms with Gasteiger partial charge in [-0.2, -0.15) is 0 Å². The van der Waals surface area contributed by atoms with Crippen LogP contribution >= 0.6 is 0 Å². The normalized spacial score (nSPS) is 10.6. The van der Waals surface area contributed by atoms with Crippen molar-refractivity contribution in [3.63, 3.8) is 0 Å². The number of amides is 2. The molecule has 0 aliphatic carbocycles. The third-order valence-corrected chi connectivity index (χ3v) is 3.87. The molecule has 0 aliphatic heterocycles. The molecule has 7 heteroatoms. The maximum atomic E-state index is 11.4. The van der Waals surface area contributed by atoms with Crippen LogP contribution in [0.1, 0.15) is 5.56 Å². The van der Waals surface area contributed by atoms with Gasteiger partial charge in [0.05, 0.1) is 5.69 Å². The van der Waals surface area contributed by atoms with E-state index in [0.717, 1.165) is 27.6 Å². The number of pyridine rings is 2. The SMILES string of the molecule is CNC(=O)Nc1cc2cc(-c3cccc(N)c3C)nc(N)c2cn1. The van der Waals surface area contributed by atoms with E-state index in [4.69, 9.17) is 11.5 Å². The van der Waals surface area contributed by atoms with Crippen LogP contribution in [-0.4, -0.2) is 23.0 Å². The summed E-state index contributed by atoms with van der Waals surface area (Å²) < 4.78 is 0. The molecule has 24 heavy (non-hydrogen) atoms. The number of benzene rings is 1. The smallest absolute Gasteiger partial charge is 0.320 e. The largest absolute Gasteiger partial charge is 0.398 e. The first-order valence-corrected chi connectivity index (χ1v) is 7.40. The van der Waals surface area contributed by atoms with Crippen LogP contribution in [0.25, 0.3) is 22.0 Å². The van der Waals surface area contributed by atoms with Gasteiger partial charge in [-0.15, -0.1) is 0 Å². The number of aromatic nitrogens is 2. The Balaban J connectivity index is 2.13. The minimum atomic E-state index is -0.337. The van der Waals surface area contributed by atoms with Gasteiger partial charge < -0.3 is 16.8 Å². The van der Waals surface area contributed by atoms with E-state index in [1.807, 2.05) is 31.2 Å². The van der Waals surface area contributed by atoms with Crippen LogP contribution in [0.15, 0.2) is 36.5 Å². The maximum absolute atomic E-state index is 11.4. The van der Waals surface area contributed by atoms with Crippen LogP contribution in [-0.2, 0) is 0 Å². The van der Waals surface area contributed by atoms with Crippen molar-refractivity contribution in [2.45, 2.75) is 6.92 Å². The molecule has 3 aromatic rings. The Morgan fingerprint density at radius 3 is 2.75 bits per heavy atom. The molecule has 6 N–H and O–H groups in total. The van der Waals surface area contributed by atoms with Gasteiger partial charge in [0.2, 0.25) is 0 Å². The van der Waals surface area contributed by atoms with Crippen LogP contribution in [0.4, 0.5) is 22.1 Å². The summed E-state index contributed by atoms with van der Waals surface area (Å²) in [6.45, 7) is 1.94. The van der Waals surface area contributed by atoms with Gasteiger partial charge in [0.25, 0.3) is 0 Å². The standard InChI is InChI=1S/C17H18N6O/c1-9-11(4-3-5-13(9)18)14-6-10-7-15(23-17(24)20-2)21-8-12(10)16(19)22-14/h3-8H,18H2,1-2H3,(H2,19,22)(H2,20,21,23,24). The number of fused-ring (bicyclic) bond motifs is 1. The molecule has 2 amide bonds. The van der Waals surface area contributed by atoms with Gasteiger partial charge in [-0.3, -0.25) is 5.32 Å². The fourth-order valence-corrected chi connectivity index (χ4v) is 2.49. The van der Waals surface area contributed by atoms with E-state index in [9.17, 15) is 4.79 Å². The number of nitrogens with one attached hydrogen (secondary N) is 2. The second-order valence-electron chi connectivity index (χ2n) is 5.41. The maximum Gasteiger partial charge on any atom is 0.320 e. The molecule has 7 nitrogen and oxygen atoms in total. The summed E-state index contributed by atoms with van der Waals surface area (Å²) in [6, 6.07) is 9.00. The number of nitrogens with zero attached hydrogens (tertiary/aromatic N) is 2. The highest BCUT2D eigenvalue weighted by Crippen LogP contribution is 2.30. The second-order valence-corrected chi connectivity index (χ2v) is 5.41. The van der Waals surface area contributed by atoms with Crippen molar-refractivity contribution in [3.8, 4) is 11.3 Å². The molecular formula is C17H18N6O. The average Bonchev–Trinajstić information content (AvgIpc) is 2.56. The van der Waals surface area contributed by atoms with E-state index in [2.05, 4.69) is 20.6 Å². The lowest BCUT2D eigenvalue weighted by molar-refractivity contribution is 0.254. The average molecular weight is 322 g/mol.